The molecule has 606 valence electrons. The maximum atomic E-state index is 11.3. The molecule has 110 heavy (non-hydrogen) atoms. The fourth-order valence-electron chi connectivity index (χ4n) is 11.8. The van der Waals surface area contributed by atoms with E-state index in [1.54, 1.807) is 69.6 Å². The van der Waals surface area contributed by atoms with E-state index in [0.717, 1.165) is 75.3 Å². The molecule has 0 aromatic carbocycles. The van der Waals surface area contributed by atoms with Gasteiger partial charge in [0, 0.05) is 116 Å². The van der Waals surface area contributed by atoms with E-state index in [9.17, 15) is 19.2 Å². The molecule has 8 aromatic heterocycles. The van der Waals surface area contributed by atoms with Crippen molar-refractivity contribution in [2.75, 3.05) is 60.8 Å². The van der Waals surface area contributed by atoms with Gasteiger partial charge in [-0.05, 0) is 186 Å². The van der Waals surface area contributed by atoms with Gasteiger partial charge in [0.05, 0.1) is 37.6 Å². The molecule has 0 spiro atoms. The topological polar surface area (TPSA) is 224 Å². The molecule has 0 saturated carbocycles. The molecule has 8 aromatic rings. The maximum Gasteiger partial charge on any atom is 0.248 e. The SMILES string of the molecule is C.CC(C)(C)c1cnc(OCCN2CCCCC2)cc1C=O.COCCOc1cc(C=O)c(C)cn1.COc1cc(C)c(C(C)(C)C)cn1.COc1cncc(C(C)(C)C)c1C=O.Cc1c(Cl)cncc1C(C)(C)C.Cc1cc(=O)[nH]cc1C(C)(C)C.Cc1ccc(C(C)(C)C)c(C)n1.Cc1ncccc1C(C)(C)C. The number of piperidine rings is 1. The summed E-state index contributed by atoms with van der Waals surface area (Å²) >= 11 is 5.96. The van der Waals surface area contributed by atoms with Gasteiger partial charge in [-0.2, -0.15) is 0 Å². The van der Waals surface area contributed by atoms with Crippen molar-refractivity contribution in [3.05, 3.63) is 215 Å². The lowest BCUT2D eigenvalue weighted by atomic mass is 9.85. The zero-order valence-electron chi connectivity index (χ0n) is 72.0. The Bertz CT molecular complexity index is 4170. The number of nitrogens with zero attached hydrogens (tertiary/aromatic N) is 8. The normalized spacial score (nSPS) is 12.2. The number of H-pyrrole nitrogens is 1. The molecule has 9 rings (SSSR count). The quantitative estimate of drug-likeness (QED) is 0.0837. The number of ether oxygens (including phenoxy) is 5. The zero-order valence-corrected chi connectivity index (χ0v) is 72.8. The summed E-state index contributed by atoms with van der Waals surface area (Å²) in [4.78, 5) is 78.2. The van der Waals surface area contributed by atoms with Crippen LogP contribution in [0.4, 0.5) is 0 Å². The number of aromatic amines is 1. The maximum absolute atomic E-state index is 11.3. The molecule has 9 heterocycles. The van der Waals surface area contributed by atoms with Gasteiger partial charge in [-0.3, -0.25) is 44.0 Å². The van der Waals surface area contributed by atoms with Crippen molar-refractivity contribution in [1.29, 1.82) is 0 Å². The highest BCUT2D eigenvalue weighted by molar-refractivity contribution is 6.31. The number of aldehydes is 3. The number of likely N-dealkylation sites (tertiary alicyclic amines) is 1. The van der Waals surface area contributed by atoms with E-state index in [4.69, 9.17) is 35.3 Å². The van der Waals surface area contributed by atoms with Gasteiger partial charge < -0.3 is 28.7 Å². The van der Waals surface area contributed by atoms with Gasteiger partial charge in [-0.1, -0.05) is 183 Å². The Morgan fingerprint density at radius 3 is 1.42 bits per heavy atom. The van der Waals surface area contributed by atoms with Gasteiger partial charge in [0.25, 0.3) is 0 Å². The third-order valence-electron chi connectivity index (χ3n) is 17.7. The molecule has 0 unspecified atom stereocenters. The third-order valence-corrected chi connectivity index (χ3v) is 18.1. The number of aromatic nitrogens is 8. The van der Waals surface area contributed by atoms with Crippen molar-refractivity contribution in [2.24, 2.45) is 0 Å². The van der Waals surface area contributed by atoms with Crippen LogP contribution in [0.3, 0.4) is 0 Å². The van der Waals surface area contributed by atoms with E-state index < -0.39 is 0 Å². The Hall–Kier alpha value is -8.58. The van der Waals surface area contributed by atoms with Gasteiger partial charge in [0.2, 0.25) is 23.2 Å². The lowest BCUT2D eigenvalue weighted by Gasteiger charge is -2.26. The molecule has 18 nitrogen and oxygen atoms in total. The molecular weight excluding hydrogens is 1400 g/mol. The second-order valence-corrected chi connectivity index (χ2v) is 34.8. The average Bonchev–Trinajstić information content (AvgIpc) is 0.830. The summed E-state index contributed by atoms with van der Waals surface area (Å²) in [7, 11) is 4.78. The van der Waals surface area contributed by atoms with E-state index in [0.29, 0.717) is 59.9 Å². The number of hydrogen-bond donors (Lipinski definition) is 1. The summed E-state index contributed by atoms with van der Waals surface area (Å²) in [6.07, 6.45) is 22.2. The van der Waals surface area contributed by atoms with E-state index in [-0.39, 0.29) is 50.9 Å². The summed E-state index contributed by atoms with van der Waals surface area (Å²) in [6.45, 7) is 63.9. The molecule has 0 amide bonds. The number of aryl methyl sites for hydroxylation is 6. The minimum absolute atomic E-state index is 0. The summed E-state index contributed by atoms with van der Waals surface area (Å²) in [5.41, 5.74) is 18.4. The number of carbonyl (C=O) groups is 3. The highest BCUT2D eigenvalue weighted by Crippen LogP contribution is 2.33. The lowest BCUT2D eigenvalue weighted by molar-refractivity contribution is 0.111. The van der Waals surface area contributed by atoms with Gasteiger partial charge in [0.1, 0.15) is 19.0 Å². The first-order valence-electron chi connectivity index (χ1n) is 37.5. The van der Waals surface area contributed by atoms with Crippen LogP contribution in [-0.2, 0) is 42.6 Å². The van der Waals surface area contributed by atoms with Crippen LogP contribution in [0, 0.1) is 48.5 Å². The minimum Gasteiger partial charge on any atom is -0.494 e. The summed E-state index contributed by atoms with van der Waals surface area (Å²) < 4.78 is 25.9. The number of hydrogen-bond acceptors (Lipinski definition) is 17. The summed E-state index contributed by atoms with van der Waals surface area (Å²) in [5.74, 6) is 2.22. The van der Waals surface area contributed by atoms with Gasteiger partial charge in [0.15, 0.2) is 18.9 Å². The van der Waals surface area contributed by atoms with Crippen molar-refractivity contribution in [1.82, 2.24) is 44.8 Å². The third kappa shape index (κ3) is 34.8. The monoisotopic (exact) mass is 1530 g/mol. The van der Waals surface area contributed by atoms with E-state index in [2.05, 4.69) is 208 Å². The summed E-state index contributed by atoms with van der Waals surface area (Å²) in [5, 5.41) is 0.752. The standard InChI is InChI=1S/C17H26N2O2.C11H15NO2.C11H17NO.C11H17N.C10H14ClN.C10H13NO3.C10H15NO.C10H15N.CH4/c1-17(2,3)15-12-18-16(11-14(15)13-20)21-10-9-19-7-5-4-6-8-19;1-11(2,3)9-5-12-6-10(14-4)8(9)7-13;1-8-6-10(13-5)12-7-9(8)11(2,3)4;1-8-6-7-10(9(2)12-8)11(3,4)5;1-7-8(10(2,3)4)5-12-6-9(7)11;1-8-6-11-10(5-9(8)7-12)14-4-3-13-2;1-7-5-9(12)11-6-8(7)10(2,3)4;1-8-9(10(2,3)4)6-5-7-11-8;/h11-13H,4-10H2,1-3H3;5-7H,1-4H3;6-7H,1-5H3;6-7H,1-5H3;5-6H,1-4H3;5-7H,3-4H2,1-2H3;5-6H,1-4H3,(H,11,12);5-7H,1-4H3;1H4. The highest BCUT2D eigenvalue weighted by atomic mass is 35.5. The Balaban J connectivity index is 0.000000633. The van der Waals surface area contributed by atoms with Crippen molar-refractivity contribution in [3.63, 3.8) is 0 Å². The first-order chi connectivity index (χ1) is 50.5. The number of halogens is 1. The second-order valence-electron chi connectivity index (χ2n) is 34.4. The largest absolute Gasteiger partial charge is 0.494 e. The van der Waals surface area contributed by atoms with Crippen LogP contribution in [0.1, 0.15) is 281 Å². The molecule has 19 heteroatoms. The van der Waals surface area contributed by atoms with Crippen molar-refractivity contribution in [2.45, 2.75) is 258 Å². The molecule has 0 atom stereocenters. The fraction of sp³-hybridized carbons (Fsp3) is 0.527. The first-order valence-corrected chi connectivity index (χ1v) is 37.9. The fourth-order valence-corrected chi connectivity index (χ4v) is 12.0. The molecule has 1 N–H and O–H groups in total. The lowest BCUT2D eigenvalue weighted by Crippen LogP contribution is -2.33. The van der Waals surface area contributed by atoms with Crippen LogP contribution in [0.5, 0.6) is 23.4 Å². The van der Waals surface area contributed by atoms with Crippen molar-refractivity contribution < 1.29 is 38.1 Å². The average molecular weight is 1540 g/mol. The Labute approximate surface area is 667 Å². The molecule has 0 bridgehead atoms. The number of pyridine rings is 8. The molecule has 1 aliphatic rings. The van der Waals surface area contributed by atoms with Gasteiger partial charge in [-0.25, -0.2) is 15.0 Å². The Morgan fingerprint density at radius 1 is 0.464 bits per heavy atom. The van der Waals surface area contributed by atoms with Crippen molar-refractivity contribution >= 4 is 30.5 Å². The highest BCUT2D eigenvalue weighted by Gasteiger charge is 2.24. The van der Waals surface area contributed by atoms with E-state index >= 15 is 0 Å². The molecule has 1 saturated heterocycles. The van der Waals surface area contributed by atoms with E-state index in [1.165, 1.54) is 72.8 Å². The van der Waals surface area contributed by atoms with Crippen molar-refractivity contribution in [3.8, 4) is 23.4 Å². The minimum atomic E-state index is -0.0994. The number of methoxy groups -OCH3 is 3. The predicted molar refractivity (Wildman–Crippen MR) is 455 cm³/mol. The molecule has 0 radical (unpaired) electrons. The molecule has 1 aliphatic heterocycles. The number of rotatable bonds is 13. The van der Waals surface area contributed by atoms with Crippen LogP contribution < -0.4 is 24.5 Å². The molecule has 1 fully saturated rings. The summed E-state index contributed by atoms with van der Waals surface area (Å²) in [6, 6.07) is 15.4. The Kier molecular flexibility index (Phi) is 41.3. The number of nitrogens with one attached hydrogen (secondary N) is 1. The van der Waals surface area contributed by atoms with Crippen LogP contribution in [0.25, 0.3) is 0 Å². The first kappa shape index (κ1) is 99.4. The molecule has 0 aliphatic carbocycles. The van der Waals surface area contributed by atoms with Gasteiger partial charge in [-0.15, -0.1) is 0 Å². The predicted octanol–water partition coefficient (Wildman–Crippen LogP) is 20.8. The van der Waals surface area contributed by atoms with Gasteiger partial charge >= 0.3 is 0 Å². The zero-order chi connectivity index (χ0) is 83.1. The molecular formula is C91H136ClN9O9. The van der Waals surface area contributed by atoms with E-state index in [1.807, 2.05) is 79.2 Å². The van der Waals surface area contributed by atoms with Crippen LogP contribution >= 0.6 is 11.6 Å². The second kappa shape index (κ2) is 45.7. The van der Waals surface area contributed by atoms with Crippen LogP contribution in [0.2, 0.25) is 5.02 Å². The van der Waals surface area contributed by atoms with Crippen LogP contribution in [-0.4, -0.2) is 124 Å². The Morgan fingerprint density at radius 2 is 0.955 bits per heavy atom. The van der Waals surface area contributed by atoms with Crippen LogP contribution in [0.15, 0.2) is 109 Å². The smallest absolute Gasteiger partial charge is 0.248 e. The number of carbonyl (C=O) groups excluding carboxylic acids is 3.